The van der Waals surface area contributed by atoms with Crippen molar-refractivity contribution in [2.75, 3.05) is 7.05 Å². The lowest BCUT2D eigenvalue weighted by Crippen LogP contribution is -2.43. The first kappa shape index (κ1) is 12.6. The summed E-state index contributed by atoms with van der Waals surface area (Å²) in [7, 11) is 2.15. The fraction of sp³-hybridized carbons (Fsp3) is 0.444. The average Bonchev–Trinajstić information content (AvgIpc) is 3.05. The van der Waals surface area contributed by atoms with Crippen LogP contribution in [0.4, 0.5) is 0 Å². The summed E-state index contributed by atoms with van der Waals surface area (Å²) in [5, 5.41) is 7.35. The van der Waals surface area contributed by atoms with Crippen molar-refractivity contribution in [3.8, 4) is 0 Å². The van der Waals surface area contributed by atoms with Crippen LogP contribution in [0.2, 0.25) is 0 Å². The first-order valence-electron chi connectivity index (χ1n) is 7.59. The molecule has 1 fully saturated rings. The molecule has 20 heavy (non-hydrogen) atoms. The predicted octanol–water partition coefficient (Wildman–Crippen LogP) is 4.84. The number of thiophene rings is 1. The summed E-state index contributed by atoms with van der Waals surface area (Å²) in [5.41, 5.74) is 4.89. The lowest BCUT2D eigenvalue weighted by molar-refractivity contribution is 0.415. The molecule has 1 nitrogen and oxygen atoms in total. The molecule has 2 heteroatoms. The highest BCUT2D eigenvalue weighted by Gasteiger charge is 2.45. The molecule has 1 heterocycles. The quantitative estimate of drug-likeness (QED) is 0.832. The second-order valence-corrected chi connectivity index (χ2v) is 7.39. The highest BCUT2D eigenvalue weighted by Crippen LogP contribution is 2.52. The van der Waals surface area contributed by atoms with Crippen molar-refractivity contribution in [3.63, 3.8) is 0 Å². The maximum atomic E-state index is 3.69. The van der Waals surface area contributed by atoms with Crippen LogP contribution in [0.25, 0.3) is 15.7 Å². The Morgan fingerprint density at radius 3 is 3.05 bits per heavy atom. The normalized spacial score (nSPS) is 29.4. The molecule has 1 aromatic carbocycles. The number of benzene rings is 1. The van der Waals surface area contributed by atoms with E-state index in [1.54, 1.807) is 11.1 Å². The molecule has 2 aliphatic rings. The molecule has 104 valence electrons. The van der Waals surface area contributed by atoms with Crippen LogP contribution in [-0.4, -0.2) is 12.6 Å². The van der Waals surface area contributed by atoms with Crippen LogP contribution in [0.15, 0.2) is 35.2 Å². The van der Waals surface area contributed by atoms with E-state index in [0.717, 1.165) is 5.92 Å². The van der Waals surface area contributed by atoms with Crippen LogP contribution in [0.5, 0.6) is 0 Å². The van der Waals surface area contributed by atoms with E-state index in [2.05, 4.69) is 48.9 Å². The first-order valence-corrected chi connectivity index (χ1v) is 8.47. The first-order chi connectivity index (χ1) is 9.73. The maximum absolute atomic E-state index is 3.69. The third-order valence-corrected chi connectivity index (χ3v) is 6.24. The lowest BCUT2D eigenvalue weighted by atomic mass is 9.74. The van der Waals surface area contributed by atoms with Crippen LogP contribution in [0.3, 0.4) is 0 Å². The van der Waals surface area contributed by atoms with Gasteiger partial charge in [-0.3, -0.25) is 0 Å². The topological polar surface area (TPSA) is 12.0 Å². The molecule has 2 bridgehead atoms. The smallest absolute Gasteiger partial charge is 0.0440 e. The van der Waals surface area contributed by atoms with Crippen LogP contribution in [-0.2, 0) is 0 Å². The molecular weight excluding hydrogens is 262 g/mol. The fourth-order valence-electron chi connectivity index (χ4n) is 4.54. The van der Waals surface area contributed by atoms with Crippen LogP contribution in [0, 0.1) is 5.92 Å². The number of hydrogen-bond acceptors (Lipinski definition) is 2. The summed E-state index contributed by atoms with van der Waals surface area (Å²) < 4.78 is 1.41. The van der Waals surface area contributed by atoms with E-state index in [1.165, 1.54) is 41.3 Å². The summed E-state index contributed by atoms with van der Waals surface area (Å²) in [6.07, 6.45) is 5.28. The zero-order chi connectivity index (χ0) is 13.7. The molecule has 0 radical (unpaired) electrons. The van der Waals surface area contributed by atoms with E-state index in [-0.39, 0.29) is 5.54 Å². The van der Waals surface area contributed by atoms with Gasteiger partial charge in [-0.1, -0.05) is 17.7 Å². The van der Waals surface area contributed by atoms with Crippen molar-refractivity contribution in [2.45, 2.75) is 38.1 Å². The minimum absolute atomic E-state index is 0.225. The number of allylic oxidation sites excluding steroid dienone is 1. The summed E-state index contributed by atoms with van der Waals surface area (Å²) in [6.45, 7) is 2.35. The molecule has 2 aromatic rings. The summed E-state index contributed by atoms with van der Waals surface area (Å²) in [5.74, 6) is 0.896. The molecular formula is C18H21NS. The van der Waals surface area contributed by atoms with Crippen LogP contribution in [0.1, 0.15) is 38.2 Å². The molecule has 0 spiro atoms. The predicted molar refractivity (Wildman–Crippen MR) is 88.2 cm³/mol. The Labute approximate surface area is 124 Å². The van der Waals surface area contributed by atoms with Gasteiger partial charge in [0.05, 0.1) is 0 Å². The van der Waals surface area contributed by atoms with Gasteiger partial charge in [0.1, 0.15) is 0 Å². The van der Waals surface area contributed by atoms with Gasteiger partial charge in [0.25, 0.3) is 0 Å². The lowest BCUT2D eigenvalue weighted by Gasteiger charge is -2.38. The summed E-state index contributed by atoms with van der Waals surface area (Å²) in [6, 6.07) is 9.08. The van der Waals surface area contributed by atoms with Crippen molar-refractivity contribution in [3.05, 3.63) is 40.8 Å². The molecule has 2 aliphatic carbocycles. The molecule has 4 rings (SSSR count). The minimum Gasteiger partial charge on any atom is -0.310 e. The second kappa shape index (κ2) is 4.44. The van der Waals surface area contributed by atoms with Crippen molar-refractivity contribution in [2.24, 2.45) is 5.92 Å². The van der Waals surface area contributed by atoms with E-state index in [9.17, 15) is 0 Å². The van der Waals surface area contributed by atoms with Gasteiger partial charge in [0.2, 0.25) is 0 Å². The van der Waals surface area contributed by atoms with Gasteiger partial charge >= 0.3 is 0 Å². The van der Waals surface area contributed by atoms with E-state index < -0.39 is 0 Å². The van der Waals surface area contributed by atoms with Gasteiger partial charge < -0.3 is 5.32 Å². The van der Waals surface area contributed by atoms with E-state index in [4.69, 9.17) is 0 Å². The van der Waals surface area contributed by atoms with Gasteiger partial charge in [-0.05, 0) is 74.2 Å². The van der Waals surface area contributed by atoms with Crippen molar-refractivity contribution >= 4 is 27.0 Å². The minimum atomic E-state index is 0.225. The highest BCUT2D eigenvalue weighted by atomic mass is 32.1. The van der Waals surface area contributed by atoms with Gasteiger partial charge in [0, 0.05) is 15.6 Å². The number of hydrogen-bond donors (Lipinski definition) is 1. The number of likely N-dealkylation sites (N-methyl/N-ethyl adjacent to an activating group) is 1. The van der Waals surface area contributed by atoms with Gasteiger partial charge in [-0.15, -0.1) is 11.3 Å². The zero-order valence-corrected chi connectivity index (χ0v) is 13.0. The average molecular weight is 283 g/mol. The molecule has 2 unspecified atom stereocenters. The van der Waals surface area contributed by atoms with Crippen molar-refractivity contribution in [1.82, 2.24) is 5.32 Å². The molecule has 1 aromatic heterocycles. The number of fused-ring (bicyclic) bond motifs is 3. The van der Waals surface area contributed by atoms with Crippen LogP contribution >= 0.6 is 11.3 Å². The van der Waals surface area contributed by atoms with E-state index in [1.807, 2.05) is 11.3 Å². The molecule has 0 aliphatic heterocycles. The number of rotatable bonds is 2. The Bertz CT molecular complexity index is 696. The Morgan fingerprint density at radius 1 is 1.30 bits per heavy atom. The molecule has 2 atom stereocenters. The highest BCUT2D eigenvalue weighted by molar-refractivity contribution is 7.17. The molecule has 1 N–H and O–H groups in total. The largest absolute Gasteiger partial charge is 0.310 e. The van der Waals surface area contributed by atoms with E-state index >= 15 is 0 Å². The summed E-state index contributed by atoms with van der Waals surface area (Å²) in [4.78, 5) is 0. The molecule has 0 amide bonds. The van der Waals surface area contributed by atoms with Gasteiger partial charge in [-0.2, -0.15) is 0 Å². The standard InChI is InChI=1S/C18H21NS/c1-12-10-13-6-8-18(11-13,19-2)17(12)15-4-3-5-16-14(15)7-9-20-16/h3-5,7,9,13,19H,6,8,10-11H2,1-2H3. The summed E-state index contributed by atoms with van der Waals surface area (Å²) >= 11 is 1.85. The molecule has 0 saturated heterocycles. The van der Waals surface area contributed by atoms with Crippen molar-refractivity contribution in [1.29, 1.82) is 0 Å². The third kappa shape index (κ3) is 1.64. The Balaban J connectivity index is 1.98. The van der Waals surface area contributed by atoms with Crippen LogP contribution < -0.4 is 5.32 Å². The Hall–Kier alpha value is -1.12. The second-order valence-electron chi connectivity index (χ2n) is 6.44. The zero-order valence-electron chi connectivity index (χ0n) is 12.2. The molecule has 1 saturated carbocycles. The maximum Gasteiger partial charge on any atom is 0.0440 e. The third-order valence-electron chi connectivity index (χ3n) is 5.36. The van der Waals surface area contributed by atoms with Crippen molar-refractivity contribution < 1.29 is 0 Å². The van der Waals surface area contributed by atoms with Gasteiger partial charge in [-0.25, -0.2) is 0 Å². The SMILES string of the molecule is CNC12CCC(CC(C)=C1c1cccc3sccc13)C2. The van der Waals surface area contributed by atoms with Gasteiger partial charge in [0.15, 0.2) is 0 Å². The Morgan fingerprint density at radius 2 is 2.20 bits per heavy atom. The Kier molecular flexibility index (Phi) is 2.80. The number of nitrogens with one attached hydrogen (secondary N) is 1. The monoisotopic (exact) mass is 283 g/mol. The van der Waals surface area contributed by atoms with E-state index in [0.29, 0.717) is 0 Å². The fourth-order valence-corrected chi connectivity index (χ4v) is 5.36.